The zero-order chi connectivity index (χ0) is 12.2. The molecule has 0 atom stereocenters. The lowest BCUT2D eigenvalue weighted by atomic mass is 10.3. The molecular weight excluding hydrogens is 264 g/mol. The minimum atomic E-state index is -3.34. The lowest BCUT2D eigenvalue weighted by Gasteiger charge is -2.15. The molecule has 16 heavy (non-hydrogen) atoms. The van der Waals surface area contributed by atoms with Gasteiger partial charge in [-0.1, -0.05) is 18.3 Å². The van der Waals surface area contributed by atoms with Crippen LogP contribution in [-0.2, 0) is 16.4 Å². The molecule has 0 fully saturated rings. The minimum absolute atomic E-state index is 0.00275. The van der Waals surface area contributed by atoms with Gasteiger partial charge in [0.25, 0.3) is 0 Å². The van der Waals surface area contributed by atoms with E-state index in [-0.39, 0.29) is 10.7 Å². The van der Waals surface area contributed by atoms with E-state index in [9.17, 15) is 8.42 Å². The predicted molar refractivity (Wildman–Crippen MR) is 71.2 cm³/mol. The molecule has 0 amide bonds. The lowest BCUT2D eigenvalue weighted by molar-refractivity contribution is 0.477. The molecule has 0 aromatic carbocycles. The fourth-order valence-corrected chi connectivity index (χ4v) is 3.25. The maximum atomic E-state index is 11.7. The van der Waals surface area contributed by atoms with Crippen LogP contribution < -0.4 is 5.73 Å². The van der Waals surface area contributed by atoms with Gasteiger partial charge in [0, 0.05) is 18.5 Å². The van der Waals surface area contributed by atoms with Crippen LogP contribution >= 0.6 is 23.6 Å². The highest BCUT2D eigenvalue weighted by Crippen LogP contribution is 2.10. The highest BCUT2D eigenvalue weighted by Gasteiger charge is 2.18. The van der Waals surface area contributed by atoms with Gasteiger partial charge in [-0.2, -0.15) is 0 Å². The molecule has 0 aliphatic carbocycles. The first kappa shape index (κ1) is 13.6. The topological polar surface area (TPSA) is 63.4 Å². The summed E-state index contributed by atoms with van der Waals surface area (Å²) in [5, 5.41) is 1.97. The van der Waals surface area contributed by atoms with Gasteiger partial charge in [-0.25, -0.2) is 12.7 Å². The predicted octanol–water partition coefficient (Wildman–Crippen LogP) is 0.838. The molecule has 0 bridgehead atoms. The van der Waals surface area contributed by atoms with Gasteiger partial charge in [0.2, 0.25) is 10.0 Å². The summed E-state index contributed by atoms with van der Waals surface area (Å²) in [5.41, 5.74) is 5.23. The molecule has 0 saturated heterocycles. The number of rotatable bonds is 6. The Kier molecular flexibility index (Phi) is 4.85. The van der Waals surface area contributed by atoms with E-state index in [0.29, 0.717) is 13.0 Å². The van der Waals surface area contributed by atoms with Gasteiger partial charge in [0.1, 0.15) is 5.75 Å². The third-order valence-electron chi connectivity index (χ3n) is 2.05. The Labute approximate surface area is 105 Å². The number of thiocarbonyl (C=S) groups is 1. The number of likely N-dealkylation sites (N-methyl/N-ethyl adjacent to an activating group) is 1. The molecule has 4 nitrogen and oxygen atoms in total. The summed E-state index contributed by atoms with van der Waals surface area (Å²) < 4.78 is 24.6. The maximum absolute atomic E-state index is 11.7. The number of hydrogen-bond acceptors (Lipinski definition) is 4. The molecule has 0 saturated carbocycles. The molecular formula is C9H14N2O2S3. The average Bonchev–Trinajstić information content (AvgIpc) is 2.64. The summed E-state index contributed by atoms with van der Waals surface area (Å²) in [5.74, 6) is -0.261. The highest BCUT2D eigenvalue weighted by atomic mass is 32.2. The standard InChI is InChI=1S/C9H14N2O2S3/c1-11(16(12,13)7-9(10)14)5-4-8-3-2-6-15-8/h2-3,6H,4-5,7H2,1H3,(H2,10,14). The van der Waals surface area contributed by atoms with E-state index in [4.69, 9.17) is 5.73 Å². The van der Waals surface area contributed by atoms with E-state index in [0.717, 1.165) is 4.88 Å². The number of thiophene rings is 1. The van der Waals surface area contributed by atoms with E-state index < -0.39 is 10.0 Å². The van der Waals surface area contributed by atoms with Gasteiger partial charge in [0.05, 0.1) is 4.99 Å². The van der Waals surface area contributed by atoms with Gasteiger partial charge in [0.15, 0.2) is 0 Å². The zero-order valence-corrected chi connectivity index (χ0v) is 11.4. The third kappa shape index (κ3) is 4.17. The van der Waals surface area contributed by atoms with Crippen molar-refractivity contribution in [3.8, 4) is 0 Å². The smallest absolute Gasteiger partial charge is 0.220 e. The Morgan fingerprint density at radius 2 is 2.31 bits per heavy atom. The summed E-state index contributed by atoms with van der Waals surface area (Å²) >= 11 is 6.22. The second-order valence-electron chi connectivity index (χ2n) is 3.37. The molecule has 1 aromatic rings. The van der Waals surface area contributed by atoms with E-state index in [1.807, 2.05) is 17.5 Å². The summed E-state index contributed by atoms with van der Waals surface area (Å²) in [6.07, 6.45) is 0.713. The van der Waals surface area contributed by atoms with Crippen molar-refractivity contribution in [3.63, 3.8) is 0 Å². The first-order chi connectivity index (χ1) is 7.42. The summed E-state index contributed by atoms with van der Waals surface area (Å²) in [4.78, 5) is 1.17. The summed E-state index contributed by atoms with van der Waals surface area (Å²) in [6.45, 7) is 0.450. The molecule has 1 aromatic heterocycles. The van der Waals surface area contributed by atoms with Crippen LogP contribution in [0.2, 0.25) is 0 Å². The van der Waals surface area contributed by atoms with Gasteiger partial charge < -0.3 is 5.73 Å². The van der Waals surface area contributed by atoms with Crippen LogP contribution in [0.5, 0.6) is 0 Å². The van der Waals surface area contributed by atoms with Crippen molar-refractivity contribution in [3.05, 3.63) is 22.4 Å². The maximum Gasteiger partial charge on any atom is 0.220 e. The average molecular weight is 278 g/mol. The normalized spacial score (nSPS) is 11.9. The first-order valence-corrected chi connectivity index (χ1v) is 7.56. The van der Waals surface area contributed by atoms with Crippen molar-refractivity contribution in [2.24, 2.45) is 5.73 Å². The highest BCUT2D eigenvalue weighted by molar-refractivity contribution is 7.92. The summed E-state index contributed by atoms with van der Waals surface area (Å²) in [7, 11) is -1.80. The third-order valence-corrected chi connectivity index (χ3v) is 5.12. The largest absolute Gasteiger partial charge is 0.392 e. The van der Waals surface area contributed by atoms with Gasteiger partial charge in [-0.05, 0) is 17.9 Å². The molecule has 0 aliphatic heterocycles. The number of nitrogens with zero attached hydrogens (tertiary/aromatic N) is 1. The van der Waals surface area contributed by atoms with Crippen molar-refractivity contribution in [2.75, 3.05) is 19.3 Å². The molecule has 7 heteroatoms. The van der Waals surface area contributed by atoms with Gasteiger partial charge in [-0.15, -0.1) is 11.3 Å². The summed E-state index contributed by atoms with van der Waals surface area (Å²) in [6, 6.07) is 3.93. The van der Waals surface area contributed by atoms with Crippen LogP contribution in [0, 0.1) is 0 Å². The van der Waals surface area contributed by atoms with Crippen LogP contribution in [0.3, 0.4) is 0 Å². The van der Waals surface area contributed by atoms with E-state index in [2.05, 4.69) is 12.2 Å². The fraction of sp³-hybridized carbons (Fsp3) is 0.444. The number of sulfonamides is 1. The van der Waals surface area contributed by atoms with E-state index in [1.165, 1.54) is 4.31 Å². The number of hydrogen-bond donors (Lipinski definition) is 1. The molecule has 0 radical (unpaired) electrons. The Bertz CT molecular complexity index is 439. The van der Waals surface area contributed by atoms with Crippen LogP contribution in [0.25, 0.3) is 0 Å². The van der Waals surface area contributed by atoms with Crippen molar-refractivity contribution in [1.82, 2.24) is 4.31 Å². The van der Waals surface area contributed by atoms with Crippen LogP contribution in [0.1, 0.15) is 4.88 Å². The van der Waals surface area contributed by atoms with Crippen molar-refractivity contribution < 1.29 is 8.42 Å². The molecule has 1 rings (SSSR count). The zero-order valence-electron chi connectivity index (χ0n) is 8.92. The van der Waals surface area contributed by atoms with Crippen molar-refractivity contribution in [1.29, 1.82) is 0 Å². The van der Waals surface area contributed by atoms with Gasteiger partial charge >= 0.3 is 0 Å². The Morgan fingerprint density at radius 3 is 2.81 bits per heavy atom. The molecule has 90 valence electrons. The van der Waals surface area contributed by atoms with E-state index >= 15 is 0 Å². The molecule has 0 unspecified atom stereocenters. The molecule has 1 heterocycles. The van der Waals surface area contributed by atoms with Crippen LogP contribution in [0.15, 0.2) is 17.5 Å². The SMILES string of the molecule is CN(CCc1cccs1)S(=O)(=O)CC(N)=S. The Hall–Kier alpha value is -0.500. The Balaban J connectivity index is 2.52. The molecule has 2 N–H and O–H groups in total. The second kappa shape index (κ2) is 5.72. The molecule has 0 aliphatic rings. The van der Waals surface area contributed by atoms with Crippen molar-refractivity contribution in [2.45, 2.75) is 6.42 Å². The molecule has 0 spiro atoms. The minimum Gasteiger partial charge on any atom is -0.392 e. The van der Waals surface area contributed by atoms with E-state index in [1.54, 1.807) is 18.4 Å². The second-order valence-corrected chi connectivity index (χ2v) is 7.01. The number of nitrogens with two attached hydrogens (primary N) is 1. The fourth-order valence-electron chi connectivity index (χ4n) is 1.15. The quantitative estimate of drug-likeness (QED) is 0.783. The van der Waals surface area contributed by atoms with Crippen molar-refractivity contribution >= 4 is 38.6 Å². The lowest BCUT2D eigenvalue weighted by Crippen LogP contribution is -2.35. The first-order valence-electron chi connectivity index (χ1n) is 4.66. The van der Waals surface area contributed by atoms with Gasteiger partial charge in [-0.3, -0.25) is 0 Å². The monoisotopic (exact) mass is 278 g/mol. The van der Waals surface area contributed by atoms with Crippen LogP contribution in [-0.4, -0.2) is 37.1 Å². The Morgan fingerprint density at radius 1 is 1.62 bits per heavy atom. The van der Waals surface area contributed by atoms with Crippen LogP contribution in [0.4, 0.5) is 0 Å².